The minimum Gasteiger partial charge on any atom is -0.355 e. The van der Waals surface area contributed by atoms with E-state index in [1.807, 2.05) is 30.3 Å². The predicted octanol–water partition coefficient (Wildman–Crippen LogP) is 2.22. The van der Waals surface area contributed by atoms with Crippen molar-refractivity contribution in [1.82, 2.24) is 15.1 Å². The van der Waals surface area contributed by atoms with Crippen LogP contribution in [-0.2, 0) is 11.3 Å². The summed E-state index contributed by atoms with van der Waals surface area (Å²) in [6.45, 7) is 0.418. The van der Waals surface area contributed by atoms with Crippen LogP contribution >= 0.6 is 11.8 Å². The number of nitrogens with one attached hydrogen (secondary N) is 1. The number of amides is 3. The van der Waals surface area contributed by atoms with E-state index in [0.717, 1.165) is 5.56 Å². The third-order valence-electron chi connectivity index (χ3n) is 4.69. The van der Waals surface area contributed by atoms with E-state index in [1.54, 1.807) is 59.9 Å². The van der Waals surface area contributed by atoms with Gasteiger partial charge >= 0.3 is 0 Å². The SMILES string of the molecule is CNC(=O)c1ccc(CN(C)C(=O)[C@@H]2CSCN2C(=O)c2ccccc2)cc1. The van der Waals surface area contributed by atoms with Crippen LogP contribution in [0.5, 0.6) is 0 Å². The fourth-order valence-corrected chi connectivity index (χ4v) is 4.25. The topological polar surface area (TPSA) is 69.7 Å². The van der Waals surface area contributed by atoms with Crippen molar-refractivity contribution in [3.63, 3.8) is 0 Å². The fourth-order valence-electron chi connectivity index (χ4n) is 3.11. The van der Waals surface area contributed by atoms with Gasteiger partial charge in [-0.05, 0) is 29.8 Å². The Kier molecular flexibility index (Phi) is 6.36. The van der Waals surface area contributed by atoms with Gasteiger partial charge in [0.1, 0.15) is 6.04 Å². The van der Waals surface area contributed by atoms with Crippen LogP contribution in [0.15, 0.2) is 54.6 Å². The van der Waals surface area contributed by atoms with Gasteiger partial charge in [0.05, 0.1) is 5.88 Å². The molecular weight excluding hydrogens is 374 g/mol. The lowest BCUT2D eigenvalue weighted by Crippen LogP contribution is -2.47. The van der Waals surface area contributed by atoms with Crippen LogP contribution < -0.4 is 5.32 Å². The van der Waals surface area contributed by atoms with Crippen LogP contribution in [0, 0.1) is 0 Å². The Bertz CT molecular complexity index is 855. The van der Waals surface area contributed by atoms with Crippen LogP contribution in [0.4, 0.5) is 0 Å². The Labute approximate surface area is 168 Å². The van der Waals surface area contributed by atoms with Crippen molar-refractivity contribution in [3.05, 3.63) is 71.3 Å². The molecule has 1 N–H and O–H groups in total. The molecule has 146 valence electrons. The number of benzene rings is 2. The lowest BCUT2D eigenvalue weighted by Gasteiger charge is -2.27. The van der Waals surface area contributed by atoms with Gasteiger partial charge in [0.15, 0.2) is 0 Å². The zero-order chi connectivity index (χ0) is 20.1. The summed E-state index contributed by atoms with van der Waals surface area (Å²) in [6, 6.07) is 15.7. The third-order valence-corrected chi connectivity index (χ3v) is 5.70. The Balaban J connectivity index is 1.66. The predicted molar refractivity (Wildman–Crippen MR) is 110 cm³/mol. The van der Waals surface area contributed by atoms with Crippen LogP contribution in [-0.4, -0.2) is 59.3 Å². The highest BCUT2D eigenvalue weighted by molar-refractivity contribution is 7.99. The Morgan fingerprint density at radius 3 is 2.39 bits per heavy atom. The number of thioether (sulfide) groups is 1. The second-order valence-corrected chi connectivity index (χ2v) is 7.63. The average molecular weight is 398 g/mol. The van der Waals surface area contributed by atoms with Crippen molar-refractivity contribution in [2.75, 3.05) is 25.7 Å². The standard InChI is InChI=1S/C21H23N3O3S/c1-22-19(25)16-10-8-15(9-11-16)12-23(2)21(27)18-13-28-14-24(18)20(26)17-6-4-3-5-7-17/h3-11,18H,12-14H2,1-2H3,(H,22,25)/t18-/m0/s1. The van der Waals surface area contributed by atoms with E-state index in [1.165, 1.54) is 0 Å². The largest absolute Gasteiger partial charge is 0.355 e. The van der Waals surface area contributed by atoms with E-state index < -0.39 is 6.04 Å². The van der Waals surface area contributed by atoms with Crippen molar-refractivity contribution >= 4 is 29.5 Å². The molecule has 1 aliphatic heterocycles. The second kappa shape index (κ2) is 8.93. The molecule has 0 radical (unpaired) electrons. The molecule has 0 bridgehead atoms. The number of carbonyl (C=O) groups excluding carboxylic acids is 3. The monoisotopic (exact) mass is 397 g/mol. The van der Waals surface area contributed by atoms with Crippen molar-refractivity contribution in [2.45, 2.75) is 12.6 Å². The van der Waals surface area contributed by atoms with Gasteiger partial charge in [-0.15, -0.1) is 11.8 Å². The van der Waals surface area contributed by atoms with Gasteiger partial charge in [-0.1, -0.05) is 30.3 Å². The molecule has 2 aromatic carbocycles. The number of hydrogen-bond acceptors (Lipinski definition) is 4. The molecule has 1 saturated heterocycles. The maximum absolute atomic E-state index is 13.0. The van der Waals surface area contributed by atoms with Gasteiger partial charge in [-0.25, -0.2) is 0 Å². The van der Waals surface area contributed by atoms with Crippen LogP contribution in [0.2, 0.25) is 0 Å². The molecule has 0 saturated carbocycles. The van der Waals surface area contributed by atoms with E-state index in [0.29, 0.717) is 29.3 Å². The molecule has 1 fully saturated rings. The molecule has 3 rings (SSSR count). The summed E-state index contributed by atoms with van der Waals surface area (Å²) in [5.74, 6) is 0.766. The van der Waals surface area contributed by atoms with Gasteiger partial charge in [-0.2, -0.15) is 0 Å². The third kappa shape index (κ3) is 4.36. The summed E-state index contributed by atoms with van der Waals surface area (Å²) in [7, 11) is 3.33. The van der Waals surface area contributed by atoms with Gasteiger partial charge in [0.2, 0.25) is 5.91 Å². The maximum Gasteiger partial charge on any atom is 0.255 e. The highest BCUT2D eigenvalue weighted by Crippen LogP contribution is 2.25. The zero-order valence-corrected chi connectivity index (χ0v) is 16.7. The van der Waals surface area contributed by atoms with Gasteiger partial charge < -0.3 is 15.1 Å². The Morgan fingerprint density at radius 1 is 1.07 bits per heavy atom. The fraction of sp³-hybridized carbons (Fsp3) is 0.286. The van der Waals surface area contributed by atoms with Crippen molar-refractivity contribution in [1.29, 1.82) is 0 Å². The molecule has 0 unspecified atom stereocenters. The van der Waals surface area contributed by atoms with E-state index in [-0.39, 0.29) is 17.7 Å². The van der Waals surface area contributed by atoms with E-state index >= 15 is 0 Å². The molecule has 0 spiro atoms. The lowest BCUT2D eigenvalue weighted by molar-refractivity contribution is -0.134. The van der Waals surface area contributed by atoms with Crippen LogP contribution in [0.25, 0.3) is 0 Å². The smallest absolute Gasteiger partial charge is 0.255 e. The number of likely N-dealkylation sites (N-methyl/N-ethyl adjacent to an activating group) is 1. The molecule has 1 heterocycles. The number of carbonyl (C=O) groups is 3. The summed E-state index contributed by atoms with van der Waals surface area (Å²) in [6.07, 6.45) is 0. The Hall–Kier alpha value is -2.80. The van der Waals surface area contributed by atoms with Crippen molar-refractivity contribution in [3.8, 4) is 0 Å². The van der Waals surface area contributed by atoms with E-state index in [2.05, 4.69) is 5.32 Å². The number of hydrogen-bond donors (Lipinski definition) is 1. The van der Waals surface area contributed by atoms with Crippen molar-refractivity contribution < 1.29 is 14.4 Å². The van der Waals surface area contributed by atoms with E-state index in [4.69, 9.17) is 0 Å². The van der Waals surface area contributed by atoms with Crippen LogP contribution in [0.3, 0.4) is 0 Å². The summed E-state index contributed by atoms with van der Waals surface area (Å²) in [5.41, 5.74) is 2.09. The molecule has 3 amide bonds. The summed E-state index contributed by atoms with van der Waals surface area (Å²) < 4.78 is 0. The summed E-state index contributed by atoms with van der Waals surface area (Å²) >= 11 is 1.59. The minimum atomic E-state index is -0.465. The molecule has 2 aromatic rings. The highest BCUT2D eigenvalue weighted by atomic mass is 32.2. The molecular formula is C21H23N3O3S. The lowest BCUT2D eigenvalue weighted by atomic mass is 10.1. The van der Waals surface area contributed by atoms with Gasteiger partial charge in [0.25, 0.3) is 11.8 Å². The quantitative estimate of drug-likeness (QED) is 0.840. The summed E-state index contributed by atoms with van der Waals surface area (Å²) in [5, 5.41) is 2.58. The van der Waals surface area contributed by atoms with Crippen LogP contribution in [0.1, 0.15) is 26.3 Å². The first kappa shape index (κ1) is 19.9. The second-order valence-electron chi connectivity index (χ2n) is 6.63. The number of nitrogens with zero attached hydrogens (tertiary/aromatic N) is 2. The molecule has 1 atom stereocenters. The highest BCUT2D eigenvalue weighted by Gasteiger charge is 2.36. The van der Waals surface area contributed by atoms with Gasteiger partial charge in [0, 0.05) is 37.5 Å². The number of rotatable bonds is 5. The van der Waals surface area contributed by atoms with Crippen molar-refractivity contribution in [2.24, 2.45) is 0 Å². The Morgan fingerprint density at radius 2 is 1.75 bits per heavy atom. The first-order chi connectivity index (χ1) is 13.5. The molecule has 28 heavy (non-hydrogen) atoms. The normalized spacial score (nSPS) is 15.9. The molecule has 7 heteroatoms. The first-order valence-corrected chi connectivity index (χ1v) is 10.2. The molecule has 0 aliphatic carbocycles. The van der Waals surface area contributed by atoms with Gasteiger partial charge in [-0.3, -0.25) is 14.4 Å². The van der Waals surface area contributed by atoms with E-state index in [9.17, 15) is 14.4 Å². The molecule has 0 aromatic heterocycles. The molecule has 1 aliphatic rings. The molecule has 6 nitrogen and oxygen atoms in total. The zero-order valence-electron chi connectivity index (χ0n) is 15.9. The average Bonchev–Trinajstić information content (AvgIpc) is 3.23. The summed E-state index contributed by atoms with van der Waals surface area (Å²) in [4.78, 5) is 40.7. The maximum atomic E-state index is 13.0. The first-order valence-electron chi connectivity index (χ1n) is 9.01. The minimum absolute atomic E-state index is 0.0790.